The molecule has 0 spiro atoms. The Morgan fingerprint density at radius 3 is 3.14 bits per heavy atom. The third-order valence-electron chi connectivity index (χ3n) is 4.58. The Balaban J connectivity index is 1.45. The number of amides is 1. The minimum atomic E-state index is 0.0158. The van der Waals surface area contributed by atoms with E-state index in [1.54, 1.807) is 23.9 Å². The zero-order chi connectivity index (χ0) is 14.9. The first-order valence-corrected chi connectivity index (χ1v) is 8.41. The van der Waals surface area contributed by atoms with Crippen LogP contribution in [0.15, 0.2) is 39.8 Å². The van der Waals surface area contributed by atoms with E-state index in [0.29, 0.717) is 12.0 Å². The van der Waals surface area contributed by atoms with Crippen molar-refractivity contribution in [2.24, 2.45) is 5.92 Å². The summed E-state index contributed by atoms with van der Waals surface area (Å²) in [4.78, 5) is 14.7. The quantitative estimate of drug-likeness (QED) is 0.936. The van der Waals surface area contributed by atoms with Gasteiger partial charge in [-0.2, -0.15) is 11.3 Å². The van der Waals surface area contributed by atoms with Crippen LogP contribution in [-0.2, 0) is 11.3 Å². The van der Waals surface area contributed by atoms with E-state index in [1.165, 1.54) is 0 Å². The summed E-state index contributed by atoms with van der Waals surface area (Å²) in [7, 11) is 0. The summed E-state index contributed by atoms with van der Waals surface area (Å²) >= 11 is 1.54. The van der Waals surface area contributed by atoms with Crippen molar-refractivity contribution in [3.63, 3.8) is 0 Å². The Morgan fingerprint density at radius 1 is 1.41 bits per heavy atom. The summed E-state index contributed by atoms with van der Waals surface area (Å²) in [6, 6.07) is 4.37. The molecular weight excluding hydrogens is 300 g/mol. The largest absolute Gasteiger partial charge is 0.472 e. The fourth-order valence-electron chi connectivity index (χ4n) is 3.44. The highest BCUT2D eigenvalue weighted by Gasteiger charge is 2.45. The van der Waals surface area contributed by atoms with Crippen LogP contribution in [0.1, 0.15) is 15.9 Å². The fraction of sp³-hybridized carbons (Fsp3) is 0.438. The molecule has 2 aliphatic heterocycles. The van der Waals surface area contributed by atoms with Crippen LogP contribution in [0.2, 0.25) is 0 Å². The normalized spacial score (nSPS) is 27.9. The maximum atomic E-state index is 12.3. The SMILES string of the molecule is O=C(N[C@@H]1CN(Cc2ccoc2)[C@@H]2COC[C@@H]21)c1ccsc1. The molecular formula is C16H18N2O3S. The number of rotatable bonds is 4. The lowest BCUT2D eigenvalue weighted by atomic mass is 9.99. The molecule has 2 saturated heterocycles. The van der Waals surface area contributed by atoms with Crippen LogP contribution < -0.4 is 5.32 Å². The molecule has 0 aromatic carbocycles. The molecule has 1 amide bonds. The summed E-state index contributed by atoms with van der Waals surface area (Å²) in [5.41, 5.74) is 1.91. The number of hydrogen-bond donors (Lipinski definition) is 1. The molecule has 1 N–H and O–H groups in total. The third-order valence-corrected chi connectivity index (χ3v) is 5.26. The standard InChI is InChI=1S/C16H18N2O3S/c19-16(12-2-4-22-10-12)17-14-6-18(5-11-1-3-20-7-11)15-9-21-8-13(14)15/h1-4,7,10,13-15H,5-6,8-9H2,(H,17,19)/t13-,14-,15-/m1/s1. The molecule has 4 rings (SSSR count). The van der Waals surface area contributed by atoms with E-state index in [1.807, 2.05) is 22.9 Å². The highest BCUT2D eigenvalue weighted by Crippen LogP contribution is 2.31. The minimum absolute atomic E-state index is 0.0158. The van der Waals surface area contributed by atoms with Crippen molar-refractivity contribution in [2.75, 3.05) is 19.8 Å². The van der Waals surface area contributed by atoms with E-state index >= 15 is 0 Å². The Morgan fingerprint density at radius 2 is 2.36 bits per heavy atom. The number of nitrogens with zero attached hydrogens (tertiary/aromatic N) is 1. The molecule has 3 atom stereocenters. The molecule has 4 heterocycles. The van der Waals surface area contributed by atoms with Crippen LogP contribution in [0.3, 0.4) is 0 Å². The zero-order valence-electron chi connectivity index (χ0n) is 12.1. The number of nitrogens with one attached hydrogen (secondary N) is 1. The summed E-state index contributed by atoms with van der Waals surface area (Å²) in [6.45, 7) is 3.17. The summed E-state index contributed by atoms with van der Waals surface area (Å²) in [5.74, 6) is 0.386. The van der Waals surface area contributed by atoms with Crippen molar-refractivity contribution in [1.29, 1.82) is 0 Å². The molecule has 6 heteroatoms. The summed E-state index contributed by atoms with van der Waals surface area (Å²) < 4.78 is 10.8. The van der Waals surface area contributed by atoms with Gasteiger partial charge in [0.2, 0.25) is 0 Å². The molecule has 2 fully saturated rings. The Labute approximate surface area is 132 Å². The van der Waals surface area contributed by atoms with Gasteiger partial charge in [-0.05, 0) is 17.5 Å². The Hall–Kier alpha value is -1.63. The number of thiophene rings is 1. The molecule has 0 bridgehead atoms. The van der Waals surface area contributed by atoms with Crippen LogP contribution in [0.4, 0.5) is 0 Å². The lowest BCUT2D eigenvalue weighted by Gasteiger charge is -2.21. The molecule has 0 saturated carbocycles. The van der Waals surface area contributed by atoms with Gasteiger partial charge >= 0.3 is 0 Å². The fourth-order valence-corrected chi connectivity index (χ4v) is 4.08. The molecule has 2 aromatic rings. The van der Waals surface area contributed by atoms with Gasteiger partial charge < -0.3 is 14.5 Å². The van der Waals surface area contributed by atoms with E-state index in [9.17, 15) is 4.79 Å². The van der Waals surface area contributed by atoms with Crippen LogP contribution in [0.5, 0.6) is 0 Å². The summed E-state index contributed by atoms with van der Waals surface area (Å²) in [6.07, 6.45) is 3.48. The van der Waals surface area contributed by atoms with Gasteiger partial charge in [0.05, 0.1) is 25.7 Å². The molecule has 0 unspecified atom stereocenters. The first kappa shape index (κ1) is 14.0. The van der Waals surface area contributed by atoms with E-state index in [0.717, 1.165) is 37.4 Å². The number of hydrogen-bond acceptors (Lipinski definition) is 5. The second-order valence-electron chi connectivity index (χ2n) is 5.92. The van der Waals surface area contributed by atoms with Crippen LogP contribution in [0.25, 0.3) is 0 Å². The van der Waals surface area contributed by atoms with Gasteiger partial charge in [-0.3, -0.25) is 9.69 Å². The van der Waals surface area contributed by atoms with Crippen molar-refractivity contribution in [3.05, 3.63) is 46.5 Å². The number of furan rings is 1. The second-order valence-corrected chi connectivity index (χ2v) is 6.70. The van der Waals surface area contributed by atoms with Crippen LogP contribution in [-0.4, -0.2) is 42.6 Å². The van der Waals surface area contributed by atoms with E-state index in [4.69, 9.17) is 9.15 Å². The highest BCUT2D eigenvalue weighted by atomic mass is 32.1. The monoisotopic (exact) mass is 318 g/mol. The predicted molar refractivity (Wildman–Crippen MR) is 82.8 cm³/mol. The van der Waals surface area contributed by atoms with Gasteiger partial charge in [0.1, 0.15) is 0 Å². The maximum absolute atomic E-state index is 12.3. The first-order chi connectivity index (χ1) is 10.8. The second kappa shape index (κ2) is 5.87. The van der Waals surface area contributed by atoms with Gasteiger partial charge in [-0.15, -0.1) is 0 Å². The van der Waals surface area contributed by atoms with Gasteiger partial charge in [-0.25, -0.2) is 0 Å². The lowest BCUT2D eigenvalue weighted by molar-refractivity contribution is 0.0915. The van der Waals surface area contributed by atoms with Gasteiger partial charge in [-0.1, -0.05) is 0 Å². The summed E-state index contributed by atoms with van der Waals surface area (Å²) in [5, 5.41) is 7.00. The van der Waals surface area contributed by atoms with Crippen LogP contribution >= 0.6 is 11.3 Å². The van der Waals surface area contributed by atoms with Crippen molar-refractivity contribution in [2.45, 2.75) is 18.6 Å². The van der Waals surface area contributed by atoms with Gasteiger partial charge in [0, 0.05) is 47.6 Å². The Kier molecular flexibility index (Phi) is 3.73. The maximum Gasteiger partial charge on any atom is 0.252 e. The van der Waals surface area contributed by atoms with Gasteiger partial charge in [0.15, 0.2) is 0 Å². The molecule has 2 aromatic heterocycles. The van der Waals surface area contributed by atoms with E-state index in [-0.39, 0.29) is 11.9 Å². The molecule has 116 valence electrons. The molecule has 0 aliphatic carbocycles. The molecule has 2 aliphatic rings. The van der Waals surface area contributed by atoms with E-state index in [2.05, 4.69) is 10.2 Å². The van der Waals surface area contributed by atoms with Crippen molar-refractivity contribution in [3.8, 4) is 0 Å². The number of carbonyl (C=O) groups excluding carboxylic acids is 1. The average Bonchev–Trinajstić information content (AvgIpc) is 3.27. The number of ether oxygens (including phenoxy) is 1. The number of likely N-dealkylation sites (tertiary alicyclic amines) is 1. The lowest BCUT2D eigenvalue weighted by Crippen LogP contribution is -2.41. The highest BCUT2D eigenvalue weighted by molar-refractivity contribution is 7.08. The predicted octanol–water partition coefficient (Wildman–Crippen LogP) is 1.97. The molecule has 22 heavy (non-hydrogen) atoms. The smallest absolute Gasteiger partial charge is 0.252 e. The number of carbonyl (C=O) groups is 1. The molecule has 0 radical (unpaired) electrons. The topological polar surface area (TPSA) is 54.7 Å². The van der Waals surface area contributed by atoms with Crippen LogP contribution in [0, 0.1) is 5.92 Å². The third kappa shape index (κ3) is 2.58. The van der Waals surface area contributed by atoms with Crippen molar-refractivity contribution >= 4 is 17.2 Å². The first-order valence-electron chi connectivity index (χ1n) is 7.47. The van der Waals surface area contributed by atoms with Crippen molar-refractivity contribution in [1.82, 2.24) is 10.2 Å². The van der Waals surface area contributed by atoms with Gasteiger partial charge in [0.25, 0.3) is 5.91 Å². The number of fused-ring (bicyclic) bond motifs is 1. The van der Waals surface area contributed by atoms with Crippen molar-refractivity contribution < 1.29 is 13.9 Å². The van der Waals surface area contributed by atoms with E-state index < -0.39 is 0 Å². The average molecular weight is 318 g/mol. The zero-order valence-corrected chi connectivity index (χ0v) is 12.9. The Bertz CT molecular complexity index is 626. The molecule has 5 nitrogen and oxygen atoms in total. The minimum Gasteiger partial charge on any atom is -0.472 e.